The van der Waals surface area contributed by atoms with E-state index in [-0.39, 0.29) is 11.5 Å². The fraction of sp³-hybridized carbons (Fsp3) is 0.786. The molecular formula is C14H22N2OS. The number of rotatable bonds is 1. The smallest absolute Gasteiger partial charge is 0.123 e. The second kappa shape index (κ2) is 4.58. The summed E-state index contributed by atoms with van der Waals surface area (Å²) in [5.41, 5.74) is 1.33. The Morgan fingerprint density at radius 3 is 3.00 bits per heavy atom. The van der Waals surface area contributed by atoms with Crippen molar-refractivity contribution in [3.8, 4) is 0 Å². The molecule has 2 saturated heterocycles. The third kappa shape index (κ3) is 2.33. The Hall–Kier alpha value is -0.450. The van der Waals surface area contributed by atoms with Crippen LogP contribution in [0.15, 0.2) is 5.38 Å². The van der Waals surface area contributed by atoms with E-state index in [2.05, 4.69) is 31.1 Å². The number of aromatic nitrogens is 1. The molecule has 1 aromatic heterocycles. The molecule has 0 radical (unpaired) electrons. The predicted molar refractivity (Wildman–Crippen MR) is 74.1 cm³/mol. The zero-order chi connectivity index (χ0) is 12.8. The molecule has 0 N–H and O–H groups in total. The van der Waals surface area contributed by atoms with E-state index in [4.69, 9.17) is 9.72 Å². The van der Waals surface area contributed by atoms with Gasteiger partial charge in [0.05, 0.1) is 12.3 Å². The maximum absolute atomic E-state index is 6.01. The first-order valence-electron chi connectivity index (χ1n) is 6.85. The number of hydrogen-bond donors (Lipinski definition) is 0. The quantitative estimate of drug-likeness (QED) is 0.781. The molecule has 100 valence electrons. The van der Waals surface area contributed by atoms with Crippen LogP contribution in [0.25, 0.3) is 0 Å². The van der Waals surface area contributed by atoms with E-state index in [9.17, 15) is 0 Å². The van der Waals surface area contributed by atoms with E-state index in [0.29, 0.717) is 6.04 Å². The third-order valence-electron chi connectivity index (χ3n) is 3.96. The fourth-order valence-corrected chi connectivity index (χ4v) is 3.83. The monoisotopic (exact) mass is 266 g/mol. The highest BCUT2D eigenvalue weighted by Crippen LogP contribution is 2.33. The summed E-state index contributed by atoms with van der Waals surface area (Å²) in [4.78, 5) is 7.36. The van der Waals surface area contributed by atoms with Gasteiger partial charge in [0, 0.05) is 23.4 Å². The second-order valence-corrected chi connectivity index (χ2v) is 7.32. The molecule has 3 heterocycles. The van der Waals surface area contributed by atoms with E-state index in [1.54, 1.807) is 11.3 Å². The number of ether oxygens (including phenoxy) is 1. The highest BCUT2D eigenvalue weighted by Gasteiger charge is 2.34. The van der Waals surface area contributed by atoms with E-state index in [0.717, 1.165) is 18.2 Å². The molecule has 0 bridgehead atoms. The lowest BCUT2D eigenvalue weighted by Gasteiger charge is -2.34. The van der Waals surface area contributed by atoms with Crippen LogP contribution in [-0.2, 0) is 10.2 Å². The lowest BCUT2D eigenvalue weighted by atomic mass is 9.93. The summed E-state index contributed by atoms with van der Waals surface area (Å²) in [6.07, 6.45) is 2.82. The first kappa shape index (κ1) is 12.6. The number of morpholine rings is 1. The Bertz CT molecular complexity index is 424. The largest absolute Gasteiger partial charge is 0.368 e. The van der Waals surface area contributed by atoms with Crippen LogP contribution in [-0.4, -0.2) is 35.6 Å². The van der Waals surface area contributed by atoms with Crippen molar-refractivity contribution >= 4 is 11.3 Å². The van der Waals surface area contributed by atoms with Gasteiger partial charge >= 0.3 is 0 Å². The number of thiazole rings is 1. The maximum Gasteiger partial charge on any atom is 0.123 e. The molecule has 1 aromatic rings. The Balaban J connectivity index is 1.73. The SMILES string of the molecule is CC(C)(C)c1csc(C2CN3CCCC3CO2)n1. The normalized spacial score (nSPS) is 29.5. The molecule has 2 atom stereocenters. The number of nitrogens with zero attached hydrogens (tertiary/aromatic N) is 2. The van der Waals surface area contributed by atoms with Gasteiger partial charge in [0.1, 0.15) is 11.1 Å². The van der Waals surface area contributed by atoms with Crippen LogP contribution in [0.3, 0.4) is 0 Å². The van der Waals surface area contributed by atoms with Crippen LogP contribution in [0.2, 0.25) is 0 Å². The Kier molecular flexibility index (Phi) is 3.20. The molecular weight excluding hydrogens is 244 g/mol. The molecule has 18 heavy (non-hydrogen) atoms. The average Bonchev–Trinajstić information content (AvgIpc) is 2.96. The molecule has 2 aliphatic heterocycles. The molecule has 4 heteroatoms. The van der Waals surface area contributed by atoms with Crippen molar-refractivity contribution in [1.82, 2.24) is 9.88 Å². The summed E-state index contributed by atoms with van der Waals surface area (Å²) >= 11 is 1.75. The third-order valence-corrected chi connectivity index (χ3v) is 4.89. The van der Waals surface area contributed by atoms with Gasteiger partial charge in [0.15, 0.2) is 0 Å². The summed E-state index contributed by atoms with van der Waals surface area (Å²) in [6, 6.07) is 0.670. The van der Waals surface area contributed by atoms with Crippen molar-refractivity contribution in [3.05, 3.63) is 16.1 Å². The van der Waals surface area contributed by atoms with Gasteiger partial charge in [-0.3, -0.25) is 4.90 Å². The fourth-order valence-electron chi connectivity index (χ4n) is 2.75. The lowest BCUT2D eigenvalue weighted by Crippen LogP contribution is -2.42. The standard InChI is InChI=1S/C14H22N2OS/c1-14(2,3)12-9-18-13(15-12)11-7-16-6-4-5-10(16)8-17-11/h9-11H,4-8H2,1-3H3. The number of hydrogen-bond acceptors (Lipinski definition) is 4. The lowest BCUT2D eigenvalue weighted by molar-refractivity contribution is -0.0503. The van der Waals surface area contributed by atoms with Crippen LogP contribution in [0.4, 0.5) is 0 Å². The maximum atomic E-state index is 6.01. The molecule has 0 spiro atoms. The average molecular weight is 266 g/mol. The molecule has 0 saturated carbocycles. The van der Waals surface area contributed by atoms with Crippen LogP contribution >= 0.6 is 11.3 Å². The van der Waals surface area contributed by atoms with Gasteiger partial charge < -0.3 is 4.74 Å². The van der Waals surface area contributed by atoms with Gasteiger partial charge in [-0.15, -0.1) is 11.3 Å². The number of fused-ring (bicyclic) bond motifs is 1. The van der Waals surface area contributed by atoms with Gasteiger partial charge in [-0.2, -0.15) is 0 Å². The van der Waals surface area contributed by atoms with Crippen LogP contribution in [0, 0.1) is 0 Å². The van der Waals surface area contributed by atoms with Crippen molar-refractivity contribution in [2.24, 2.45) is 0 Å². The Morgan fingerprint density at radius 2 is 2.28 bits per heavy atom. The molecule has 3 rings (SSSR count). The highest BCUT2D eigenvalue weighted by atomic mass is 32.1. The van der Waals surface area contributed by atoms with Crippen molar-refractivity contribution < 1.29 is 4.74 Å². The Morgan fingerprint density at radius 1 is 1.44 bits per heavy atom. The second-order valence-electron chi connectivity index (χ2n) is 6.43. The van der Waals surface area contributed by atoms with Crippen molar-refractivity contribution in [3.63, 3.8) is 0 Å². The minimum Gasteiger partial charge on any atom is -0.368 e. The summed E-state index contributed by atoms with van der Waals surface area (Å²) in [7, 11) is 0. The zero-order valence-corrected chi connectivity index (χ0v) is 12.3. The van der Waals surface area contributed by atoms with Crippen molar-refractivity contribution in [2.75, 3.05) is 19.7 Å². The molecule has 0 amide bonds. The molecule has 0 aliphatic carbocycles. The topological polar surface area (TPSA) is 25.4 Å². The van der Waals surface area contributed by atoms with Gasteiger partial charge in [0.25, 0.3) is 0 Å². The van der Waals surface area contributed by atoms with Gasteiger partial charge in [0.2, 0.25) is 0 Å². The summed E-state index contributed by atoms with van der Waals surface area (Å²) in [5.74, 6) is 0. The van der Waals surface area contributed by atoms with E-state index >= 15 is 0 Å². The van der Waals surface area contributed by atoms with Gasteiger partial charge in [-0.05, 0) is 19.4 Å². The first-order valence-corrected chi connectivity index (χ1v) is 7.73. The minimum absolute atomic E-state index is 0.138. The van der Waals surface area contributed by atoms with Crippen molar-refractivity contribution in [2.45, 2.75) is 51.2 Å². The van der Waals surface area contributed by atoms with Crippen LogP contribution in [0.5, 0.6) is 0 Å². The molecule has 3 nitrogen and oxygen atoms in total. The summed E-state index contributed by atoms with van der Waals surface area (Å²) < 4.78 is 6.01. The highest BCUT2D eigenvalue weighted by molar-refractivity contribution is 7.09. The van der Waals surface area contributed by atoms with E-state index < -0.39 is 0 Å². The predicted octanol–water partition coefficient (Wildman–Crippen LogP) is 2.98. The van der Waals surface area contributed by atoms with Crippen LogP contribution < -0.4 is 0 Å². The molecule has 2 aliphatic rings. The molecule has 2 fully saturated rings. The van der Waals surface area contributed by atoms with E-state index in [1.807, 2.05) is 0 Å². The summed E-state index contributed by atoms with van der Waals surface area (Å²) in [5, 5.41) is 3.35. The van der Waals surface area contributed by atoms with Crippen molar-refractivity contribution in [1.29, 1.82) is 0 Å². The Labute approximate surface area is 113 Å². The van der Waals surface area contributed by atoms with E-state index in [1.165, 1.54) is 25.1 Å². The molecule has 2 unspecified atom stereocenters. The molecule has 0 aromatic carbocycles. The minimum atomic E-state index is 0.138. The first-order chi connectivity index (χ1) is 8.54. The van der Waals surface area contributed by atoms with Gasteiger partial charge in [-0.1, -0.05) is 20.8 Å². The van der Waals surface area contributed by atoms with Gasteiger partial charge in [-0.25, -0.2) is 4.98 Å². The zero-order valence-electron chi connectivity index (χ0n) is 11.5. The van der Waals surface area contributed by atoms with Crippen LogP contribution in [0.1, 0.15) is 50.4 Å². The summed E-state index contributed by atoms with van der Waals surface area (Å²) in [6.45, 7) is 9.79.